The van der Waals surface area contributed by atoms with E-state index >= 15 is 0 Å². The van der Waals surface area contributed by atoms with Gasteiger partial charge in [-0.1, -0.05) is 42.5 Å². The van der Waals surface area contributed by atoms with Gasteiger partial charge >= 0.3 is 0 Å². The van der Waals surface area contributed by atoms with Gasteiger partial charge in [-0.25, -0.2) is 0 Å². The van der Waals surface area contributed by atoms with Crippen molar-refractivity contribution in [2.75, 3.05) is 0 Å². The first kappa shape index (κ1) is 15.3. The lowest BCUT2D eigenvalue weighted by Crippen LogP contribution is -2.29. The molecule has 1 aromatic heterocycles. The van der Waals surface area contributed by atoms with Crippen LogP contribution in [0.5, 0.6) is 0 Å². The monoisotopic (exact) mass is 328 g/mol. The van der Waals surface area contributed by atoms with Gasteiger partial charge in [0, 0.05) is 12.4 Å². The zero-order chi connectivity index (χ0) is 17.2. The third kappa shape index (κ3) is 2.83. The molecule has 1 aliphatic heterocycles. The van der Waals surface area contributed by atoms with Crippen LogP contribution in [0.4, 0.5) is 0 Å². The van der Waals surface area contributed by atoms with Crippen molar-refractivity contribution in [1.29, 1.82) is 0 Å². The van der Waals surface area contributed by atoms with Crippen LogP contribution < -0.4 is 0 Å². The average molecular weight is 328 g/mol. The van der Waals surface area contributed by atoms with Crippen LogP contribution >= 0.6 is 0 Å². The van der Waals surface area contributed by atoms with Crippen molar-refractivity contribution in [1.82, 2.24) is 9.88 Å². The van der Waals surface area contributed by atoms with Gasteiger partial charge in [-0.3, -0.25) is 19.5 Å². The molecule has 2 aromatic carbocycles. The van der Waals surface area contributed by atoms with Crippen LogP contribution in [0.1, 0.15) is 37.4 Å². The summed E-state index contributed by atoms with van der Waals surface area (Å²) >= 11 is 0. The molecular formula is C21H16N2O2. The molecule has 122 valence electrons. The molecule has 0 unspecified atom stereocenters. The van der Waals surface area contributed by atoms with E-state index in [0.29, 0.717) is 17.5 Å². The number of imide groups is 1. The number of carbonyl (C=O) groups excluding carboxylic acids is 2. The van der Waals surface area contributed by atoms with E-state index in [1.807, 2.05) is 42.6 Å². The van der Waals surface area contributed by atoms with Crippen LogP contribution in [-0.2, 0) is 13.0 Å². The minimum Gasteiger partial charge on any atom is -0.270 e. The minimum absolute atomic E-state index is 0.225. The van der Waals surface area contributed by atoms with Gasteiger partial charge in [0.15, 0.2) is 0 Å². The van der Waals surface area contributed by atoms with E-state index in [4.69, 9.17) is 0 Å². The molecule has 2 amide bonds. The largest absolute Gasteiger partial charge is 0.270 e. The van der Waals surface area contributed by atoms with Gasteiger partial charge in [0.1, 0.15) is 0 Å². The quantitative estimate of drug-likeness (QED) is 0.689. The standard InChI is InChI=1S/C21H16N2O2/c24-20-18-9-3-4-10-19(18)21(25)23(20)14-17-8-2-1-7-16(17)12-15-6-5-11-22-13-15/h1-11,13H,12,14H2. The minimum atomic E-state index is -0.225. The SMILES string of the molecule is O=C1c2ccccc2C(=O)N1Cc1ccccc1Cc1cccnc1. The van der Waals surface area contributed by atoms with Crippen molar-refractivity contribution < 1.29 is 9.59 Å². The Kier molecular flexibility index (Phi) is 3.86. The highest BCUT2D eigenvalue weighted by molar-refractivity contribution is 6.21. The number of amides is 2. The fourth-order valence-electron chi connectivity index (χ4n) is 3.16. The molecule has 0 saturated carbocycles. The van der Waals surface area contributed by atoms with Gasteiger partial charge < -0.3 is 0 Å². The zero-order valence-corrected chi connectivity index (χ0v) is 13.6. The Morgan fingerprint density at radius 2 is 1.40 bits per heavy atom. The summed E-state index contributed by atoms with van der Waals surface area (Å²) in [6.45, 7) is 0.281. The molecule has 0 spiro atoms. The molecule has 0 fully saturated rings. The van der Waals surface area contributed by atoms with E-state index in [1.54, 1.807) is 30.5 Å². The van der Waals surface area contributed by atoms with Crippen LogP contribution in [0, 0.1) is 0 Å². The second-order valence-corrected chi connectivity index (χ2v) is 6.05. The van der Waals surface area contributed by atoms with E-state index in [1.165, 1.54) is 4.90 Å². The van der Waals surface area contributed by atoms with Crippen LogP contribution in [0.15, 0.2) is 73.1 Å². The molecule has 0 radical (unpaired) electrons. The first-order chi connectivity index (χ1) is 12.2. The molecule has 0 aliphatic carbocycles. The Hall–Kier alpha value is -3.27. The van der Waals surface area contributed by atoms with Gasteiger partial charge in [0.25, 0.3) is 11.8 Å². The Balaban J connectivity index is 1.62. The summed E-state index contributed by atoms with van der Waals surface area (Å²) < 4.78 is 0. The maximum absolute atomic E-state index is 12.6. The molecule has 1 aliphatic rings. The molecule has 3 aromatic rings. The van der Waals surface area contributed by atoms with Crippen molar-refractivity contribution in [2.24, 2.45) is 0 Å². The first-order valence-electron chi connectivity index (χ1n) is 8.15. The predicted octanol–water partition coefficient (Wildman–Crippen LogP) is 3.47. The van der Waals surface area contributed by atoms with Crippen LogP contribution in [0.3, 0.4) is 0 Å². The van der Waals surface area contributed by atoms with E-state index in [0.717, 1.165) is 16.7 Å². The molecular weight excluding hydrogens is 312 g/mol. The lowest BCUT2D eigenvalue weighted by molar-refractivity contribution is 0.0642. The normalized spacial score (nSPS) is 13.2. The first-order valence-corrected chi connectivity index (χ1v) is 8.15. The molecule has 4 nitrogen and oxygen atoms in total. The van der Waals surface area contributed by atoms with E-state index in [-0.39, 0.29) is 18.4 Å². The Morgan fingerprint density at radius 1 is 0.760 bits per heavy atom. The highest BCUT2D eigenvalue weighted by atomic mass is 16.2. The molecule has 0 N–H and O–H groups in total. The maximum atomic E-state index is 12.6. The van der Waals surface area contributed by atoms with Gasteiger partial charge in [0.05, 0.1) is 17.7 Å². The second kappa shape index (κ2) is 6.32. The fourth-order valence-corrected chi connectivity index (χ4v) is 3.16. The molecule has 4 rings (SSSR count). The van der Waals surface area contributed by atoms with Gasteiger partial charge in [-0.15, -0.1) is 0 Å². The summed E-state index contributed by atoms with van der Waals surface area (Å²) in [5, 5.41) is 0. The number of nitrogens with zero attached hydrogens (tertiary/aromatic N) is 2. The highest BCUT2D eigenvalue weighted by Gasteiger charge is 2.35. The van der Waals surface area contributed by atoms with Crippen molar-refractivity contribution >= 4 is 11.8 Å². The van der Waals surface area contributed by atoms with E-state index < -0.39 is 0 Å². The number of hydrogen-bond donors (Lipinski definition) is 0. The molecule has 25 heavy (non-hydrogen) atoms. The molecule has 4 heteroatoms. The summed E-state index contributed by atoms with van der Waals surface area (Å²) in [5.74, 6) is -0.450. The summed E-state index contributed by atoms with van der Waals surface area (Å²) in [4.78, 5) is 30.6. The van der Waals surface area contributed by atoms with Gasteiger partial charge in [0.2, 0.25) is 0 Å². The lowest BCUT2D eigenvalue weighted by Gasteiger charge is -2.17. The predicted molar refractivity (Wildman–Crippen MR) is 94.1 cm³/mol. The second-order valence-electron chi connectivity index (χ2n) is 6.05. The summed E-state index contributed by atoms with van der Waals surface area (Å²) in [6.07, 6.45) is 4.29. The van der Waals surface area contributed by atoms with Gasteiger partial charge in [-0.2, -0.15) is 0 Å². The third-order valence-corrected chi connectivity index (χ3v) is 4.44. The van der Waals surface area contributed by atoms with Crippen molar-refractivity contribution in [3.05, 3.63) is 101 Å². The summed E-state index contributed by atoms with van der Waals surface area (Å²) in [7, 11) is 0. The number of carbonyl (C=O) groups is 2. The zero-order valence-electron chi connectivity index (χ0n) is 13.6. The topological polar surface area (TPSA) is 50.3 Å². The van der Waals surface area contributed by atoms with Crippen LogP contribution in [0.2, 0.25) is 0 Å². The number of pyridine rings is 1. The molecule has 0 saturated heterocycles. The molecule has 0 atom stereocenters. The van der Waals surface area contributed by atoms with Gasteiger partial charge in [-0.05, 0) is 41.3 Å². The fraction of sp³-hybridized carbons (Fsp3) is 0.0952. The molecule has 2 heterocycles. The lowest BCUT2D eigenvalue weighted by atomic mass is 10.0. The average Bonchev–Trinajstić information content (AvgIpc) is 2.89. The third-order valence-electron chi connectivity index (χ3n) is 4.44. The Bertz CT molecular complexity index is 916. The summed E-state index contributed by atoms with van der Waals surface area (Å²) in [6, 6.07) is 18.8. The number of hydrogen-bond acceptors (Lipinski definition) is 3. The smallest absolute Gasteiger partial charge is 0.261 e. The van der Waals surface area contributed by atoms with E-state index in [9.17, 15) is 9.59 Å². The Morgan fingerprint density at radius 3 is 2.04 bits per heavy atom. The number of benzene rings is 2. The van der Waals surface area contributed by atoms with Crippen molar-refractivity contribution in [3.8, 4) is 0 Å². The number of rotatable bonds is 4. The van der Waals surface area contributed by atoms with Crippen LogP contribution in [-0.4, -0.2) is 21.7 Å². The highest BCUT2D eigenvalue weighted by Crippen LogP contribution is 2.25. The molecule has 0 bridgehead atoms. The summed E-state index contributed by atoms with van der Waals surface area (Å²) in [5.41, 5.74) is 4.12. The maximum Gasteiger partial charge on any atom is 0.261 e. The number of fused-ring (bicyclic) bond motifs is 1. The van der Waals surface area contributed by atoms with Crippen LogP contribution in [0.25, 0.3) is 0 Å². The van der Waals surface area contributed by atoms with Crippen molar-refractivity contribution in [2.45, 2.75) is 13.0 Å². The van der Waals surface area contributed by atoms with E-state index in [2.05, 4.69) is 4.98 Å². The number of aromatic nitrogens is 1. The van der Waals surface area contributed by atoms with Crippen molar-refractivity contribution in [3.63, 3.8) is 0 Å². The Labute approximate surface area is 145 Å².